The standard InChI is InChI=1S/C16H25ClN2O2/c1-4-18(5-2)11-8-12-19(6-3)14-10-7-9-13(17)15(14)16(20)21/h7,9-10H,4-6,8,11-12H2,1-3H3,(H,20,21). The Hall–Kier alpha value is -1.26. The lowest BCUT2D eigenvalue weighted by atomic mass is 10.1. The maximum Gasteiger partial charge on any atom is 0.339 e. The van der Waals surface area contributed by atoms with Gasteiger partial charge in [0.05, 0.1) is 10.7 Å². The van der Waals surface area contributed by atoms with Gasteiger partial charge in [0.1, 0.15) is 5.56 Å². The van der Waals surface area contributed by atoms with Crippen molar-refractivity contribution >= 4 is 23.3 Å². The molecule has 0 bridgehead atoms. The van der Waals surface area contributed by atoms with E-state index in [2.05, 4.69) is 23.6 Å². The van der Waals surface area contributed by atoms with E-state index in [1.54, 1.807) is 12.1 Å². The molecule has 1 N–H and O–H groups in total. The fraction of sp³-hybridized carbons (Fsp3) is 0.562. The Morgan fingerprint density at radius 2 is 1.81 bits per heavy atom. The molecule has 1 aromatic carbocycles. The number of nitrogens with zero attached hydrogens (tertiary/aromatic N) is 2. The van der Waals surface area contributed by atoms with Crippen LogP contribution in [0.1, 0.15) is 37.6 Å². The first kappa shape index (κ1) is 17.8. The van der Waals surface area contributed by atoms with E-state index in [0.717, 1.165) is 39.1 Å². The second kappa shape index (κ2) is 8.90. The van der Waals surface area contributed by atoms with Crippen LogP contribution in [0.15, 0.2) is 18.2 Å². The number of anilines is 1. The summed E-state index contributed by atoms with van der Waals surface area (Å²) < 4.78 is 0. The number of hydrogen-bond acceptors (Lipinski definition) is 3. The molecule has 5 heteroatoms. The van der Waals surface area contributed by atoms with Crippen LogP contribution >= 0.6 is 11.6 Å². The quantitative estimate of drug-likeness (QED) is 0.756. The van der Waals surface area contributed by atoms with Gasteiger partial charge in [-0.2, -0.15) is 0 Å². The van der Waals surface area contributed by atoms with Crippen molar-refractivity contribution < 1.29 is 9.90 Å². The summed E-state index contributed by atoms with van der Waals surface area (Å²) in [5.74, 6) is -0.974. The summed E-state index contributed by atoms with van der Waals surface area (Å²) in [5.41, 5.74) is 0.904. The van der Waals surface area contributed by atoms with Gasteiger partial charge in [0, 0.05) is 13.1 Å². The number of hydrogen-bond donors (Lipinski definition) is 1. The molecule has 0 atom stereocenters. The van der Waals surface area contributed by atoms with Crippen molar-refractivity contribution in [2.24, 2.45) is 0 Å². The minimum atomic E-state index is -0.974. The molecule has 4 nitrogen and oxygen atoms in total. The number of carbonyl (C=O) groups is 1. The van der Waals surface area contributed by atoms with Crippen LogP contribution in [0.2, 0.25) is 5.02 Å². The first-order valence-corrected chi connectivity index (χ1v) is 7.91. The number of benzene rings is 1. The molecule has 0 heterocycles. The smallest absolute Gasteiger partial charge is 0.339 e. The Kier molecular flexibility index (Phi) is 7.54. The highest BCUT2D eigenvalue weighted by molar-refractivity contribution is 6.34. The third kappa shape index (κ3) is 4.90. The van der Waals surface area contributed by atoms with Gasteiger partial charge >= 0.3 is 5.97 Å². The first-order valence-electron chi connectivity index (χ1n) is 7.54. The molecule has 0 spiro atoms. The summed E-state index contributed by atoms with van der Waals surface area (Å²) in [7, 11) is 0. The summed E-state index contributed by atoms with van der Waals surface area (Å²) >= 11 is 6.04. The SMILES string of the molecule is CCN(CC)CCCN(CC)c1cccc(Cl)c1C(=O)O. The Morgan fingerprint density at radius 1 is 1.14 bits per heavy atom. The van der Waals surface area contributed by atoms with Crippen molar-refractivity contribution in [3.8, 4) is 0 Å². The Labute approximate surface area is 132 Å². The Bertz CT molecular complexity index is 462. The zero-order valence-corrected chi connectivity index (χ0v) is 13.9. The highest BCUT2D eigenvalue weighted by Gasteiger charge is 2.18. The third-order valence-electron chi connectivity index (χ3n) is 3.72. The summed E-state index contributed by atoms with van der Waals surface area (Å²) in [5, 5.41) is 9.66. The summed E-state index contributed by atoms with van der Waals surface area (Å²) in [6.45, 7) is 11.0. The van der Waals surface area contributed by atoms with Gasteiger partial charge in [-0.05, 0) is 45.1 Å². The van der Waals surface area contributed by atoms with Gasteiger partial charge < -0.3 is 14.9 Å². The van der Waals surface area contributed by atoms with Crippen molar-refractivity contribution in [3.63, 3.8) is 0 Å². The fourth-order valence-corrected chi connectivity index (χ4v) is 2.71. The molecule has 0 aliphatic carbocycles. The van der Waals surface area contributed by atoms with Gasteiger partial charge in [-0.3, -0.25) is 0 Å². The van der Waals surface area contributed by atoms with Crippen molar-refractivity contribution in [2.45, 2.75) is 27.2 Å². The molecule has 0 aliphatic heterocycles. The monoisotopic (exact) mass is 312 g/mol. The number of aromatic carboxylic acids is 1. The van der Waals surface area contributed by atoms with Crippen LogP contribution in [0, 0.1) is 0 Å². The van der Waals surface area contributed by atoms with Crippen LogP contribution < -0.4 is 4.90 Å². The zero-order chi connectivity index (χ0) is 15.8. The number of carboxylic acid groups (broad SMARTS) is 1. The van der Waals surface area contributed by atoms with Gasteiger partial charge in [-0.25, -0.2) is 4.79 Å². The van der Waals surface area contributed by atoms with E-state index in [1.807, 2.05) is 13.0 Å². The first-order chi connectivity index (χ1) is 10.0. The third-order valence-corrected chi connectivity index (χ3v) is 4.04. The maximum atomic E-state index is 11.4. The normalized spacial score (nSPS) is 10.9. The van der Waals surface area contributed by atoms with Crippen LogP contribution in [0.3, 0.4) is 0 Å². The van der Waals surface area contributed by atoms with Crippen LogP contribution in [-0.4, -0.2) is 48.7 Å². The van der Waals surface area contributed by atoms with Crippen molar-refractivity contribution in [3.05, 3.63) is 28.8 Å². The largest absolute Gasteiger partial charge is 0.478 e. The van der Waals surface area contributed by atoms with Crippen molar-refractivity contribution in [2.75, 3.05) is 37.6 Å². The molecule has 0 saturated carbocycles. The second-order valence-electron chi connectivity index (χ2n) is 4.90. The molecule has 0 aliphatic rings. The van der Waals surface area contributed by atoms with E-state index in [9.17, 15) is 9.90 Å². The number of halogens is 1. The van der Waals surface area contributed by atoms with Gasteiger partial charge in [-0.1, -0.05) is 31.5 Å². The zero-order valence-electron chi connectivity index (χ0n) is 13.1. The maximum absolute atomic E-state index is 11.4. The lowest BCUT2D eigenvalue weighted by Gasteiger charge is -2.26. The van der Waals surface area contributed by atoms with E-state index in [1.165, 1.54) is 0 Å². The molecule has 118 valence electrons. The molecular weight excluding hydrogens is 288 g/mol. The predicted molar refractivity (Wildman–Crippen MR) is 88.7 cm³/mol. The summed E-state index contributed by atoms with van der Waals surface area (Å²) in [6, 6.07) is 5.26. The van der Waals surface area contributed by atoms with Crippen LogP contribution in [0.5, 0.6) is 0 Å². The van der Waals surface area contributed by atoms with E-state index in [4.69, 9.17) is 11.6 Å². The predicted octanol–water partition coefficient (Wildman–Crippen LogP) is 3.60. The molecule has 1 aromatic rings. The highest BCUT2D eigenvalue weighted by Crippen LogP contribution is 2.27. The topological polar surface area (TPSA) is 43.8 Å². The average Bonchev–Trinajstić information content (AvgIpc) is 2.47. The molecule has 0 fully saturated rings. The molecule has 0 amide bonds. The molecule has 0 unspecified atom stereocenters. The van der Waals surface area contributed by atoms with Gasteiger partial charge in [0.2, 0.25) is 0 Å². The average molecular weight is 313 g/mol. The lowest BCUT2D eigenvalue weighted by molar-refractivity contribution is 0.0697. The van der Waals surface area contributed by atoms with Crippen LogP contribution in [0.4, 0.5) is 5.69 Å². The van der Waals surface area contributed by atoms with E-state index < -0.39 is 5.97 Å². The molecule has 1 rings (SSSR count). The van der Waals surface area contributed by atoms with E-state index in [-0.39, 0.29) is 5.56 Å². The molecule has 0 radical (unpaired) electrons. The van der Waals surface area contributed by atoms with E-state index >= 15 is 0 Å². The van der Waals surface area contributed by atoms with Crippen LogP contribution in [-0.2, 0) is 0 Å². The molecule has 21 heavy (non-hydrogen) atoms. The minimum Gasteiger partial charge on any atom is -0.478 e. The number of carboxylic acids is 1. The van der Waals surface area contributed by atoms with Crippen LogP contribution in [0.25, 0.3) is 0 Å². The molecular formula is C16H25ClN2O2. The number of rotatable bonds is 9. The summed E-state index contributed by atoms with van der Waals surface area (Å²) in [4.78, 5) is 15.9. The second-order valence-corrected chi connectivity index (χ2v) is 5.31. The van der Waals surface area contributed by atoms with Gasteiger partial charge in [-0.15, -0.1) is 0 Å². The van der Waals surface area contributed by atoms with Crippen molar-refractivity contribution in [1.29, 1.82) is 0 Å². The molecule has 0 saturated heterocycles. The fourth-order valence-electron chi connectivity index (χ4n) is 2.46. The summed E-state index contributed by atoms with van der Waals surface area (Å²) in [6.07, 6.45) is 1.00. The highest BCUT2D eigenvalue weighted by atomic mass is 35.5. The lowest BCUT2D eigenvalue weighted by Crippen LogP contribution is -2.30. The molecule has 0 aromatic heterocycles. The Balaban J connectivity index is 2.81. The van der Waals surface area contributed by atoms with Crippen molar-refractivity contribution in [1.82, 2.24) is 4.90 Å². The van der Waals surface area contributed by atoms with Gasteiger partial charge in [0.25, 0.3) is 0 Å². The van der Waals surface area contributed by atoms with Gasteiger partial charge in [0.15, 0.2) is 0 Å². The minimum absolute atomic E-state index is 0.198. The Morgan fingerprint density at radius 3 is 2.33 bits per heavy atom. The van der Waals surface area contributed by atoms with E-state index in [0.29, 0.717) is 10.7 Å².